The monoisotopic (exact) mass is 343 g/mol. The summed E-state index contributed by atoms with van der Waals surface area (Å²) in [6, 6.07) is 5.09. The lowest BCUT2D eigenvalue weighted by Crippen LogP contribution is -2.52. The molecule has 1 aromatic carbocycles. The van der Waals surface area contributed by atoms with E-state index < -0.39 is 55.4 Å². The van der Waals surface area contributed by atoms with Crippen molar-refractivity contribution in [2.24, 2.45) is 5.41 Å². The summed E-state index contributed by atoms with van der Waals surface area (Å²) in [5.74, 6) is -1.71. The quantitative estimate of drug-likeness (QED) is 0.750. The number of halogens is 7. The van der Waals surface area contributed by atoms with Crippen LogP contribution in [0.1, 0.15) is 12.0 Å². The van der Waals surface area contributed by atoms with Gasteiger partial charge in [0.15, 0.2) is 5.41 Å². The third kappa shape index (κ3) is 3.13. The second kappa shape index (κ2) is 5.68. The maximum Gasteiger partial charge on any atom is 0.404 e. The predicted octanol–water partition coefficient (Wildman–Crippen LogP) is 3.71. The lowest BCUT2D eigenvalue weighted by molar-refractivity contribution is -0.334. The summed E-state index contributed by atoms with van der Waals surface area (Å²) in [6.45, 7) is -2.17. The molecule has 0 aromatic heterocycles. The molecule has 0 radical (unpaired) electrons. The van der Waals surface area contributed by atoms with Gasteiger partial charge in [0.2, 0.25) is 5.91 Å². The van der Waals surface area contributed by atoms with Crippen LogP contribution in [0, 0.1) is 11.2 Å². The number of hydrogen-bond donors (Lipinski definition) is 0. The Kier molecular flexibility index (Phi) is 4.34. The number of benzene rings is 1. The standard InChI is InChI=1S/C14H12F7NO/c15-10-4-2-1-3-9(10)7-11(23)22-6-5-12(8-22,13(16,17)18)14(19,20)21/h1-4H,5-8H2. The highest BCUT2D eigenvalue weighted by Gasteiger charge is 2.72. The molecule has 128 valence electrons. The molecular formula is C14H12F7NO. The first kappa shape index (κ1) is 17.6. The van der Waals surface area contributed by atoms with Gasteiger partial charge in [-0.3, -0.25) is 4.79 Å². The number of alkyl halides is 6. The molecule has 1 heterocycles. The van der Waals surface area contributed by atoms with E-state index in [1.807, 2.05) is 0 Å². The Morgan fingerprint density at radius 3 is 2.13 bits per heavy atom. The number of carbonyl (C=O) groups excluding carboxylic acids is 1. The van der Waals surface area contributed by atoms with Crippen LogP contribution < -0.4 is 0 Å². The molecular weight excluding hydrogens is 331 g/mol. The molecule has 1 saturated heterocycles. The highest BCUT2D eigenvalue weighted by Crippen LogP contribution is 2.55. The second-order valence-electron chi connectivity index (χ2n) is 5.41. The predicted molar refractivity (Wildman–Crippen MR) is 65.8 cm³/mol. The molecule has 0 unspecified atom stereocenters. The van der Waals surface area contributed by atoms with E-state index in [2.05, 4.69) is 0 Å². The van der Waals surface area contributed by atoms with Crippen molar-refractivity contribution < 1.29 is 35.5 Å². The van der Waals surface area contributed by atoms with Gasteiger partial charge in [0.25, 0.3) is 0 Å². The van der Waals surface area contributed by atoms with E-state index in [9.17, 15) is 35.5 Å². The summed E-state index contributed by atoms with van der Waals surface area (Å²) in [7, 11) is 0. The van der Waals surface area contributed by atoms with Gasteiger partial charge in [-0.1, -0.05) is 18.2 Å². The summed E-state index contributed by atoms with van der Waals surface area (Å²) in [5, 5.41) is 0. The van der Waals surface area contributed by atoms with Crippen LogP contribution in [0.25, 0.3) is 0 Å². The van der Waals surface area contributed by atoms with E-state index in [-0.39, 0.29) is 5.56 Å². The third-order valence-electron chi connectivity index (χ3n) is 4.01. The van der Waals surface area contributed by atoms with E-state index in [0.717, 1.165) is 6.07 Å². The number of carbonyl (C=O) groups is 1. The molecule has 0 saturated carbocycles. The van der Waals surface area contributed by atoms with Crippen LogP contribution >= 0.6 is 0 Å². The molecule has 0 aliphatic carbocycles. The minimum absolute atomic E-state index is 0.0750. The number of hydrogen-bond acceptors (Lipinski definition) is 1. The van der Waals surface area contributed by atoms with Crippen molar-refractivity contribution >= 4 is 5.91 Å². The Balaban J connectivity index is 2.18. The Bertz CT molecular complexity index is 580. The van der Waals surface area contributed by atoms with Gasteiger partial charge in [-0.05, 0) is 18.1 Å². The fourth-order valence-electron chi connectivity index (χ4n) is 2.56. The highest BCUT2D eigenvalue weighted by molar-refractivity contribution is 5.79. The molecule has 1 aromatic rings. The van der Waals surface area contributed by atoms with Gasteiger partial charge in [-0.25, -0.2) is 4.39 Å². The smallest absolute Gasteiger partial charge is 0.341 e. The number of nitrogens with zero attached hydrogens (tertiary/aromatic N) is 1. The van der Waals surface area contributed by atoms with Crippen LogP contribution in [-0.4, -0.2) is 36.2 Å². The normalized spacial score (nSPS) is 18.3. The molecule has 9 heteroatoms. The zero-order chi connectivity index (χ0) is 17.5. The van der Waals surface area contributed by atoms with Crippen LogP contribution in [0.3, 0.4) is 0 Å². The summed E-state index contributed by atoms with van der Waals surface area (Å²) in [5.41, 5.74) is -4.00. The molecule has 1 amide bonds. The number of rotatable bonds is 2. The van der Waals surface area contributed by atoms with Gasteiger partial charge < -0.3 is 4.90 Å². The first-order valence-corrected chi connectivity index (χ1v) is 6.62. The SMILES string of the molecule is O=C(Cc1ccccc1F)N1CCC(C(F)(F)F)(C(F)(F)F)C1. The van der Waals surface area contributed by atoms with Gasteiger partial charge in [-0.15, -0.1) is 0 Å². The second-order valence-corrected chi connectivity index (χ2v) is 5.41. The molecule has 0 N–H and O–H groups in total. The van der Waals surface area contributed by atoms with Crippen LogP contribution in [0.2, 0.25) is 0 Å². The molecule has 0 bridgehead atoms. The summed E-state index contributed by atoms with van der Waals surface area (Å²) >= 11 is 0. The van der Waals surface area contributed by atoms with Crippen molar-refractivity contribution in [2.75, 3.05) is 13.1 Å². The topological polar surface area (TPSA) is 20.3 Å². The van der Waals surface area contributed by atoms with E-state index in [0.29, 0.717) is 4.90 Å². The summed E-state index contributed by atoms with van der Waals surface area (Å²) < 4.78 is 91.0. The molecule has 2 rings (SSSR count). The first-order valence-electron chi connectivity index (χ1n) is 6.62. The minimum atomic E-state index is -5.52. The van der Waals surface area contributed by atoms with Crippen LogP contribution in [0.4, 0.5) is 30.7 Å². The maximum absolute atomic E-state index is 13.4. The van der Waals surface area contributed by atoms with E-state index in [1.165, 1.54) is 18.2 Å². The van der Waals surface area contributed by atoms with Gasteiger partial charge in [0.05, 0.1) is 6.42 Å². The average Bonchev–Trinajstić information content (AvgIpc) is 2.87. The Hall–Kier alpha value is -1.80. The van der Waals surface area contributed by atoms with Crippen molar-refractivity contribution in [2.45, 2.75) is 25.2 Å². The molecule has 1 aliphatic heterocycles. The lowest BCUT2D eigenvalue weighted by atomic mass is 9.85. The molecule has 1 fully saturated rings. The van der Waals surface area contributed by atoms with Crippen molar-refractivity contribution in [3.63, 3.8) is 0 Å². The zero-order valence-corrected chi connectivity index (χ0v) is 11.6. The van der Waals surface area contributed by atoms with E-state index in [1.54, 1.807) is 0 Å². The Labute approximate surface area is 126 Å². The average molecular weight is 343 g/mol. The van der Waals surface area contributed by atoms with Gasteiger partial charge in [0, 0.05) is 13.1 Å². The Morgan fingerprint density at radius 1 is 1.09 bits per heavy atom. The Morgan fingerprint density at radius 2 is 1.65 bits per heavy atom. The zero-order valence-electron chi connectivity index (χ0n) is 11.6. The van der Waals surface area contributed by atoms with Crippen LogP contribution in [-0.2, 0) is 11.2 Å². The minimum Gasteiger partial charge on any atom is -0.341 e. The van der Waals surface area contributed by atoms with Crippen molar-refractivity contribution in [3.05, 3.63) is 35.6 Å². The van der Waals surface area contributed by atoms with Crippen molar-refractivity contribution in [1.82, 2.24) is 4.90 Å². The van der Waals surface area contributed by atoms with Crippen LogP contribution in [0.15, 0.2) is 24.3 Å². The third-order valence-corrected chi connectivity index (χ3v) is 4.01. The van der Waals surface area contributed by atoms with Gasteiger partial charge in [-0.2, -0.15) is 26.3 Å². The highest BCUT2D eigenvalue weighted by atomic mass is 19.4. The first-order chi connectivity index (χ1) is 10.5. The fourth-order valence-corrected chi connectivity index (χ4v) is 2.56. The largest absolute Gasteiger partial charge is 0.404 e. The molecule has 1 aliphatic rings. The molecule has 0 atom stereocenters. The summed E-state index contributed by atoms with van der Waals surface area (Å²) in [4.78, 5) is 12.4. The lowest BCUT2D eigenvalue weighted by Gasteiger charge is -2.33. The van der Waals surface area contributed by atoms with Crippen LogP contribution in [0.5, 0.6) is 0 Å². The molecule has 0 spiro atoms. The fraction of sp³-hybridized carbons (Fsp3) is 0.500. The maximum atomic E-state index is 13.4. The van der Waals surface area contributed by atoms with Crippen molar-refractivity contribution in [3.8, 4) is 0 Å². The van der Waals surface area contributed by atoms with Gasteiger partial charge >= 0.3 is 12.4 Å². The summed E-state index contributed by atoms with van der Waals surface area (Å²) in [6.07, 6.45) is -12.9. The van der Waals surface area contributed by atoms with E-state index in [4.69, 9.17) is 0 Å². The van der Waals surface area contributed by atoms with E-state index >= 15 is 0 Å². The molecule has 23 heavy (non-hydrogen) atoms. The molecule has 2 nitrogen and oxygen atoms in total. The van der Waals surface area contributed by atoms with Crippen molar-refractivity contribution in [1.29, 1.82) is 0 Å². The number of amides is 1. The number of likely N-dealkylation sites (tertiary alicyclic amines) is 1. The van der Waals surface area contributed by atoms with Gasteiger partial charge in [0.1, 0.15) is 5.82 Å².